The molecule has 4 heterocycles. The second-order valence-electron chi connectivity index (χ2n) is 5.50. The number of nitrogens with zero attached hydrogens (tertiary/aromatic N) is 3. The van der Waals surface area contributed by atoms with Crippen LogP contribution in [0.25, 0.3) is 28.2 Å². The molecule has 27 heavy (non-hydrogen) atoms. The highest BCUT2D eigenvalue weighted by atomic mass is 32.2. The summed E-state index contributed by atoms with van der Waals surface area (Å²) < 4.78 is 11.4. The minimum Gasteiger partial charge on any atom is -0.480 e. The molecule has 0 atom stereocenters. The number of methoxy groups -OCH3 is 1. The van der Waals surface area contributed by atoms with Gasteiger partial charge in [-0.15, -0.1) is 0 Å². The molecule has 0 aliphatic carbocycles. The predicted molar refractivity (Wildman–Crippen MR) is 105 cm³/mol. The van der Waals surface area contributed by atoms with Crippen LogP contribution in [0.15, 0.2) is 40.0 Å². The Morgan fingerprint density at radius 2 is 2.22 bits per heavy atom. The number of carbonyl (C=O) groups is 1. The number of carbonyl (C=O) groups excluding carboxylic acids is 1. The van der Waals surface area contributed by atoms with Gasteiger partial charge in [0.05, 0.1) is 12.0 Å². The maximum absolute atomic E-state index is 11.8. The number of thiocarbonyl (C=S) groups is 1. The van der Waals surface area contributed by atoms with E-state index in [0.29, 0.717) is 37.3 Å². The van der Waals surface area contributed by atoms with E-state index < -0.39 is 0 Å². The molecule has 0 unspecified atom stereocenters. The first-order valence-corrected chi connectivity index (χ1v) is 8.88. The Labute approximate surface area is 163 Å². The fraction of sp³-hybridized carbons (Fsp3) is 0.0556. The summed E-state index contributed by atoms with van der Waals surface area (Å²) in [6, 6.07) is 5.52. The molecule has 1 aliphatic heterocycles. The van der Waals surface area contributed by atoms with Crippen LogP contribution >= 0.6 is 24.0 Å². The van der Waals surface area contributed by atoms with E-state index >= 15 is 0 Å². The van der Waals surface area contributed by atoms with Gasteiger partial charge in [-0.05, 0) is 12.1 Å². The van der Waals surface area contributed by atoms with Crippen LogP contribution in [0.1, 0.15) is 11.3 Å². The molecule has 3 aromatic rings. The summed E-state index contributed by atoms with van der Waals surface area (Å²) in [5, 5.41) is 12.6. The van der Waals surface area contributed by atoms with Crippen molar-refractivity contribution < 1.29 is 13.9 Å². The van der Waals surface area contributed by atoms with E-state index in [9.17, 15) is 10.1 Å². The minimum absolute atomic E-state index is 0.248. The lowest BCUT2D eigenvalue weighted by Crippen LogP contribution is -2.17. The number of nitriles is 1. The summed E-state index contributed by atoms with van der Waals surface area (Å²) in [5.41, 5.74) is 2.25. The number of furan rings is 1. The number of fused-ring (bicyclic) bond motifs is 1. The SMILES string of the molecule is COc1ncc(-c2cncc3cc(/C=C4\SC(=S)NC4=O)oc23)cc1C#N. The third-order valence-electron chi connectivity index (χ3n) is 3.83. The molecule has 1 aliphatic rings. The minimum atomic E-state index is -0.248. The molecule has 9 heteroatoms. The lowest BCUT2D eigenvalue weighted by molar-refractivity contribution is -0.115. The van der Waals surface area contributed by atoms with Crippen molar-refractivity contribution in [2.75, 3.05) is 7.11 Å². The number of thioether (sulfide) groups is 1. The van der Waals surface area contributed by atoms with Crippen LogP contribution < -0.4 is 10.1 Å². The second kappa shape index (κ2) is 6.83. The van der Waals surface area contributed by atoms with Crippen LogP contribution in [0.5, 0.6) is 5.88 Å². The Hall–Kier alpha value is -3.22. The molecular weight excluding hydrogens is 384 g/mol. The molecule has 0 aromatic carbocycles. The van der Waals surface area contributed by atoms with E-state index in [1.807, 2.05) is 0 Å². The highest BCUT2D eigenvalue weighted by Gasteiger charge is 2.23. The van der Waals surface area contributed by atoms with E-state index in [2.05, 4.69) is 21.4 Å². The van der Waals surface area contributed by atoms with Crippen LogP contribution in [0, 0.1) is 11.3 Å². The Morgan fingerprint density at radius 3 is 2.93 bits per heavy atom. The average molecular weight is 394 g/mol. The normalized spacial score (nSPS) is 15.2. The predicted octanol–water partition coefficient (Wildman–Crippen LogP) is 3.26. The van der Waals surface area contributed by atoms with Gasteiger partial charge in [-0.1, -0.05) is 24.0 Å². The number of amides is 1. The van der Waals surface area contributed by atoms with Gasteiger partial charge in [-0.2, -0.15) is 5.26 Å². The van der Waals surface area contributed by atoms with Crippen LogP contribution in [0.3, 0.4) is 0 Å². The van der Waals surface area contributed by atoms with Crippen molar-refractivity contribution in [3.8, 4) is 23.1 Å². The zero-order valence-electron chi connectivity index (χ0n) is 13.8. The third-order valence-corrected chi connectivity index (χ3v) is 5.00. The van der Waals surface area contributed by atoms with Crippen molar-refractivity contribution >= 4 is 51.3 Å². The van der Waals surface area contributed by atoms with Gasteiger partial charge in [0.25, 0.3) is 5.91 Å². The largest absolute Gasteiger partial charge is 0.480 e. The van der Waals surface area contributed by atoms with Gasteiger partial charge in [0.15, 0.2) is 0 Å². The maximum Gasteiger partial charge on any atom is 0.263 e. The summed E-state index contributed by atoms with van der Waals surface area (Å²) in [5.74, 6) is 0.511. The first kappa shape index (κ1) is 17.2. The van der Waals surface area contributed by atoms with E-state index in [1.54, 1.807) is 36.8 Å². The van der Waals surface area contributed by atoms with Crippen LogP contribution in [0.2, 0.25) is 0 Å². The first-order valence-electron chi connectivity index (χ1n) is 7.66. The monoisotopic (exact) mass is 394 g/mol. The summed E-state index contributed by atoms with van der Waals surface area (Å²) in [7, 11) is 1.46. The summed E-state index contributed by atoms with van der Waals surface area (Å²) in [6.45, 7) is 0. The molecule has 0 spiro atoms. The molecule has 0 radical (unpaired) electrons. The molecule has 132 valence electrons. The lowest BCUT2D eigenvalue weighted by atomic mass is 10.1. The number of pyridine rings is 2. The van der Waals surface area contributed by atoms with E-state index in [-0.39, 0.29) is 11.8 Å². The smallest absolute Gasteiger partial charge is 0.263 e. The number of nitrogens with one attached hydrogen (secondary N) is 1. The zero-order valence-corrected chi connectivity index (χ0v) is 15.5. The third kappa shape index (κ3) is 3.16. The fourth-order valence-electron chi connectivity index (χ4n) is 2.65. The van der Waals surface area contributed by atoms with Crippen molar-refractivity contribution in [2.45, 2.75) is 0 Å². The highest BCUT2D eigenvalue weighted by molar-refractivity contribution is 8.26. The lowest BCUT2D eigenvalue weighted by Gasteiger charge is -2.05. The summed E-state index contributed by atoms with van der Waals surface area (Å²) in [6.07, 6.45) is 6.53. The van der Waals surface area contributed by atoms with E-state index in [1.165, 1.54) is 18.9 Å². The number of aromatic nitrogens is 2. The standard InChI is InChI=1S/C18H10N4O3S2/c1-24-17-9(5-19)2-10(7-21-17)13-8-20-6-11-3-12(25-15(11)13)4-14-16(23)22-18(26)27-14/h2-4,6-8H,1H3,(H,22,23,26)/b14-4-. The van der Waals surface area contributed by atoms with Gasteiger partial charge in [0.2, 0.25) is 5.88 Å². The highest BCUT2D eigenvalue weighted by Crippen LogP contribution is 2.33. The van der Waals surface area contributed by atoms with Crippen molar-refractivity contribution in [3.05, 3.63) is 47.0 Å². The maximum atomic E-state index is 11.8. The number of rotatable bonds is 3. The zero-order chi connectivity index (χ0) is 19.0. The van der Waals surface area contributed by atoms with Crippen LogP contribution in [-0.2, 0) is 4.79 Å². The Bertz CT molecular complexity index is 1180. The van der Waals surface area contributed by atoms with E-state index in [4.69, 9.17) is 21.4 Å². The quantitative estimate of drug-likeness (QED) is 0.534. The van der Waals surface area contributed by atoms with Crippen molar-refractivity contribution in [2.24, 2.45) is 0 Å². The molecule has 7 nitrogen and oxygen atoms in total. The summed E-state index contributed by atoms with van der Waals surface area (Å²) >= 11 is 6.17. The van der Waals surface area contributed by atoms with Crippen molar-refractivity contribution in [3.63, 3.8) is 0 Å². The molecular formula is C18H10N4O3S2. The van der Waals surface area contributed by atoms with Gasteiger partial charge >= 0.3 is 0 Å². The molecule has 1 N–H and O–H groups in total. The molecule has 1 fully saturated rings. The van der Waals surface area contributed by atoms with Crippen LogP contribution in [0.4, 0.5) is 0 Å². The fourth-order valence-corrected chi connectivity index (χ4v) is 3.68. The Kier molecular flexibility index (Phi) is 4.35. The number of hydrogen-bond acceptors (Lipinski definition) is 8. The molecule has 0 bridgehead atoms. The summed E-state index contributed by atoms with van der Waals surface area (Å²) in [4.78, 5) is 20.7. The number of hydrogen-bond donors (Lipinski definition) is 1. The average Bonchev–Trinajstić information content (AvgIpc) is 3.22. The van der Waals surface area contributed by atoms with Crippen molar-refractivity contribution in [1.29, 1.82) is 5.26 Å². The van der Waals surface area contributed by atoms with Gasteiger partial charge in [-0.25, -0.2) is 4.98 Å². The van der Waals surface area contributed by atoms with Gasteiger partial charge in [-0.3, -0.25) is 9.78 Å². The van der Waals surface area contributed by atoms with Gasteiger partial charge in [0, 0.05) is 41.2 Å². The Morgan fingerprint density at radius 1 is 1.37 bits per heavy atom. The van der Waals surface area contributed by atoms with E-state index in [0.717, 1.165) is 5.39 Å². The first-order chi connectivity index (χ1) is 13.1. The van der Waals surface area contributed by atoms with Crippen LogP contribution in [-0.4, -0.2) is 27.3 Å². The second-order valence-corrected chi connectivity index (χ2v) is 7.22. The van der Waals surface area contributed by atoms with Gasteiger partial charge < -0.3 is 14.5 Å². The molecule has 1 amide bonds. The molecule has 1 saturated heterocycles. The van der Waals surface area contributed by atoms with Gasteiger partial charge in [0.1, 0.15) is 27.3 Å². The number of ether oxygens (including phenoxy) is 1. The molecule has 3 aromatic heterocycles. The molecule has 0 saturated carbocycles. The topological polar surface area (TPSA) is 101 Å². The van der Waals surface area contributed by atoms with Crippen molar-refractivity contribution in [1.82, 2.24) is 15.3 Å². The molecule has 4 rings (SSSR count). The Balaban J connectivity index is 1.81.